The van der Waals surface area contributed by atoms with E-state index in [0.717, 1.165) is 17.8 Å². The lowest BCUT2D eigenvalue weighted by molar-refractivity contribution is -0.121. The van der Waals surface area contributed by atoms with Crippen molar-refractivity contribution in [3.8, 4) is 0 Å². The molecule has 0 aliphatic rings. The monoisotopic (exact) mass is 277 g/mol. The van der Waals surface area contributed by atoms with Crippen molar-refractivity contribution in [1.82, 2.24) is 10.6 Å². The molecule has 0 fully saturated rings. The highest BCUT2D eigenvalue weighted by molar-refractivity contribution is 5.88. The van der Waals surface area contributed by atoms with Crippen molar-refractivity contribution in [3.05, 3.63) is 29.8 Å². The largest absolute Gasteiger partial charge is 0.352 e. The number of rotatable bonds is 7. The van der Waals surface area contributed by atoms with Crippen LogP contribution < -0.4 is 16.0 Å². The van der Waals surface area contributed by atoms with Crippen LogP contribution in [-0.2, 0) is 16.1 Å². The molecule has 1 aromatic rings. The number of carbonyl (C=O) groups is 2. The molecule has 0 aromatic heterocycles. The molecule has 0 saturated heterocycles. The molecule has 0 spiro atoms. The third-order valence-electron chi connectivity index (χ3n) is 2.81. The Balaban J connectivity index is 2.38. The Bertz CT molecular complexity index is 443. The molecular weight excluding hydrogens is 254 g/mol. The summed E-state index contributed by atoms with van der Waals surface area (Å²) in [5.74, 6) is -0.0622. The van der Waals surface area contributed by atoms with E-state index in [0.29, 0.717) is 13.0 Å². The first-order valence-electron chi connectivity index (χ1n) is 6.88. The van der Waals surface area contributed by atoms with E-state index >= 15 is 0 Å². The van der Waals surface area contributed by atoms with Crippen molar-refractivity contribution in [2.75, 3.05) is 11.9 Å². The van der Waals surface area contributed by atoms with Gasteiger partial charge in [-0.2, -0.15) is 0 Å². The molecule has 0 radical (unpaired) electrons. The molecule has 0 saturated carbocycles. The number of carbonyl (C=O) groups excluding carboxylic acids is 2. The van der Waals surface area contributed by atoms with Gasteiger partial charge in [0.1, 0.15) is 0 Å². The Morgan fingerprint density at radius 2 is 1.85 bits per heavy atom. The van der Waals surface area contributed by atoms with Gasteiger partial charge in [-0.3, -0.25) is 9.59 Å². The average molecular weight is 277 g/mol. The van der Waals surface area contributed by atoms with Crippen LogP contribution in [0.2, 0.25) is 0 Å². The van der Waals surface area contributed by atoms with Crippen molar-refractivity contribution < 1.29 is 9.59 Å². The average Bonchev–Trinajstić information content (AvgIpc) is 2.37. The highest BCUT2D eigenvalue weighted by Gasteiger charge is 2.07. The van der Waals surface area contributed by atoms with E-state index in [1.807, 2.05) is 38.1 Å². The highest BCUT2D eigenvalue weighted by Crippen LogP contribution is 2.09. The zero-order valence-corrected chi connectivity index (χ0v) is 12.3. The first-order valence-corrected chi connectivity index (χ1v) is 6.88. The first kappa shape index (κ1) is 16.2. The number of benzene rings is 1. The van der Waals surface area contributed by atoms with E-state index in [1.165, 1.54) is 6.92 Å². The second-order valence-corrected chi connectivity index (χ2v) is 4.82. The van der Waals surface area contributed by atoms with Crippen molar-refractivity contribution in [2.45, 2.75) is 39.8 Å². The van der Waals surface area contributed by atoms with Gasteiger partial charge in [-0.05, 0) is 31.2 Å². The summed E-state index contributed by atoms with van der Waals surface area (Å²) in [5.41, 5.74) is 1.76. The minimum atomic E-state index is -0.0940. The summed E-state index contributed by atoms with van der Waals surface area (Å²) in [5, 5.41) is 8.78. The Morgan fingerprint density at radius 1 is 1.20 bits per heavy atom. The lowest BCUT2D eigenvalue weighted by Crippen LogP contribution is -2.33. The normalized spacial score (nSPS) is 11.8. The quantitative estimate of drug-likeness (QED) is 0.709. The Kier molecular flexibility index (Phi) is 6.73. The zero-order chi connectivity index (χ0) is 15.0. The Hall–Kier alpha value is -1.88. The van der Waals surface area contributed by atoms with E-state index in [9.17, 15) is 9.59 Å². The molecule has 1 rings (SSSR count). The third-order valence-corrected chi connectivity index (χ3v) is 2.81. The smallest absolute Gasteiger partial charge is 0.221 e. The zero-order valence-electron chi connectivity index (χ0n) is 12.3. The van der Waals surface area contributed by atoms with Gasteiger partial charge in [0.2, 0.25) is 11.8 Å². The van der Waals surface area contributed by atoms with Gasteiger partial charge in [0.25, 0.3) is 0 Å². The van der Waals surface area contributed by atoms with Crippen LogP contribution in [-0.4, -0.2) is 24.4 Å². The molecular formula is C15H23N3O2. The van der Waals surface area contributed by atoms with E-state index < -0.39 is 0 Å². The topological polar surface area (TPSA) is 70.2 Å². The van der Waals surface area contributed by atoms with Gasteiger partial charge in [-0.15, -0.1) is 0 Å². The van der Waals surface area contributed by atoms with Crippen LogP contribution in [0.3, 0.4) is 0 Å². The lowest BCUT2D eigenvalue weighted by Gasteiger charge is -2.12. The van der Waals surface area contributed by atoms with Gasteiger partial charge in [0, 0.05) is 31.6 Å². The maximum Gasteiger partial charge on any atom is 0.221 e. The maximum atomic E-state index is 11.7. The first-order chi connectivity index (χ1) is 9.51. The Morgan fingerprint density at radius 3 is 2.40 bits per heavy atom. The molecule has 1 aromatic carbocycles. The van der Waals surface area contributed by atoms with Gasteiger partial charge in [-0.1, -0.05) is 19.1 Å². The summed E-state index contributed by atoms with van der Waals surface area (Å²) in [6, 6.07) is 7.61. The fourth-order valence-electron chi connectivity index (χ4n) is 1.88. The molecule has 0 heterocycles. The van der Waals surface area contributed by atoms with Crippen LogP contribution in [0.25, 0.3) is 0 Å². The molecule has 1 atom stereocenters. The van der Waals surface area contributed by atoms with Gasteiger partial charge in [0.05, 0.1) is 0 Å². The number of anilines is 1. The second-order valence-electron chi connectivity index (χ2n) is 4.82. The van der Waals surface area contributed by atoms with Crippen LogP contribution in [0.5, 0.6) is 0 Å². The second kappa shape index (κ2) is 8.32. The number of hydrogen-bond acceptors (Lipinski definition) is 3. The van der Waals surface area contributed by atoms with E-state index in [2.05, 4.69) is 16.0 Å². The lowest BCUT2D eigenvalue weighted by atomic mass is 10.2. The molecule has 0 bridgehead atoms. The van der Waals surface area contributed by atoms with Gasteiger partial charge in [-0.25, -0.2) is 0 Å². The number of amides is 2. The summed E-state index contributed by atoms with van der Waals surface area (Å²) in [7, 11) is 0. The fourth-order valence-corrected chi connectivity index (χ4v) is 1.88. The summed E-state index contributed by atoms with van der Waals surface area (Å²) in [4.78, 5) is 22.6. The molecule has 5 heteroatoms. The predicted octanol–water partition coefficient (Wildman–Crippen LogP) is 1.65. The number of nitrogens with one attached hydrogen (secondary N) is 3. The predicted molar refractivity (Wildman–Crippen MR) is 80.3 cm³/mol. The van der Waals surface area contributed by atoms with Crippen molar-refractivity contribution in [2.24, 2.45) is 0 Å². The molecule has 5 nitrogen and oxygen atoms in total. The molecule has 3 N–H and O–H groups in total. The third kappa shape index (κ3) is 6.33. The van der Waals surface area contributed by atoms with E-state index in [4.69, 9.17) is 0 Å². The summed E-state index contributed by atoms with van der Waals surface area (Å²) >= 11 is 0. The van der Waals surface area contributed by atoms with E-state index in [-0.39, 0.29) is 17.9 Å². The van der Waals surface area contributed by atoms with Crippen LogP contribution >= 0.6 is 0 Å². The number of hydrogen-bond donors (Lipinski definition) is 3. The van der Waals surface area contributed by atoms with Crippen LogP contribution in [0.4, 0.5) is 5.69 Å². The Labute approximate surface area is 120 Å². The molecule has 2 amide bonds. The summed E-state index contributed by atoms with van der Waals surface area (Å²) in [6.45, 7) is 6.84. The van der Waals surface area contributed by atoms with Crippen molar-refractivity contribution in [1.29, 1.82) is 0 Å². The van der Waals surface area contributed by atoms with Crippen LogP contribution in [0, 0.1) is 0 Å². The van der Waals surface area contributed by atoms with Crippen LogP contribution in [0.15, 0.2) is 24.3 Å². The SMILES string of the molecule is CCNC(C)CC(=O)NCc1ccc(NC(C)=O)cc1. The standard InChI is InChI=1S/C15H23N3O2/c1-4-16-11(2)9-15(20)17-10-13-5-7-14(8-6-13)18-12(3)19/h5-8,11,16H,4,9-10H2,1-3H3,(H,17,20)(H,18,19). The molecule has 20 heavy (non-hydrogen) atoms. The van der Waals surface area contributed by atoms with Crippen molar-refractivity contribution in [3.63, 3.8) is 0 Å². The van der Waals surface area contributed by atoms with Crippen LogP contribution in [0.1, 0.15) is 32.8 Å². The molecule has 110 valence electrons. The van der Waals surface area contributed by atoms with Gasteiger partial charge < -0.3 is 16.0 Å². The van der Waals surface area contributed by atoms with Gasteiger partial charge >= 0.3 is 0 Å². The fraction of sp³-hybridized carbons (Fsp3) is 0.467. The molecule has 0 aliphatic carbocycles. The highest BCUT2D eigenvalue weighted by atomic mass is 16.2. The summed E-state index contributed by atoms with van der Waals surface area (Å²) < 4.78 is 0. The summed E-state index contributed by atoms with van der Waals surface area (Å²) in [6.07, 6.45) is 0.470. The van der Waals surface area contributed by atoms with Crippen molar-refractivity contribution >= 4 is 17.5 Å². The van der Waals surface area contributed by atoms with E-state index in [1.54, 1.807) is 0 Å². The molecule has 1 unspecified atom stereocenters. The van der Waals surface area contributed by atoms with Gasteiger partial charge in [0.15, 0.2) is 0 Å². The molecule has 0 aliphatic heterocycles. The minimum absolute atomic E-state index is 0.0318. The minimum Gasteiger partial charge on any atom is -0.352 e. The maximum absolute atomic E-state index is 11.7.